The molecule has 0 saturated heterocycles. The molecular weight excluding hydrogens is 363 g/mol. The maximum Gasteiger partial charge on any atom is 0.303 e. The van der Waals surface area contributed by atoms with Gasteiger partial charge in [-0.15, -0.1) is 0 Å². The highest BCUT2D eigenvalue weighted by molar-refractivity contribution is 7.89. The van der Waals surface area contributed by atoms with Crippen molar-refractivity contribution in [2.45, 2.75) is 30.3 Å². The smallest absolute Gasteiger partial charge is 0.303 e. The fourth-order valence-corrected chi connectivity index (χ4v) is 3.61. The van der Waals surface area contributed by atoms with Crippen molar-refractivity contribution in [2.24, 2.45) is 7.05 Å². The SMILES string of the molecule is Cn1c(CCNS(=O)(=O)c2ccc(F)cc2)ccc1C(O)CCC(=O)O. The number of carboxylic acid groups (broad SMARTS) is 1. The van der Waals surface area contributed by atoms with E-state index in [0.29, 0.717) is 12.1 Å². The molecule has 9 heteroatoms. The second-order valence-electron chi connectivity index (χ2n) is 5.86. The van der Waals surface area contributed by atoms with E-state index in [2.05, 4.69) is 4.72 Å². The van der Waals surface area contributed by atoms with Crippen LogP contribution in [0, 0.1) is 5.82 Å². The third-order valence-corrected chi connectivity index (χ3v) is 5.51. The highest BCUT2D eigenvalue weighted by Crippen LogP contribution is 2.20. The number of aliphatic hydroxyl groups is 1. The third kappa shape index (κ3) is 5.13. The molecule has 1 heterocycles. The predicted molar refractivity (Wildman–Crippen MR) is 92.5 cm³/mol. The van der Waals surface area contributed by atoms with Crippen molar-refractivity contribution in [3.63, 3.8) is 0 Å². The van der Waals surface area contributed by atoms with E-state index in [1.165, 1.54) is 12.1 Å². The van der Waals surface area contributed by atoms with Gasteiger partial charge in [0.15, 0.2) is 0 Å². The summed E-state index contributed by atoms with van der Waals surface area (Å²) in [5.41, 5.74) is 1.36. The number of carboxylic acids is 1. The first-order chi connectivity index (χ1) is 12.2. The second kappa shape index (κ2) is 8.43. The molecule has 0 fully saturated rings. The summed E-state index contributed by atoms with van der Waals surface area (Å²) < 4.78 is 41.3. The first kappa shape index (κ1) is 20.1. The van der Waals surface area contributed by atoms with E-state index in [4.69, 9.17) is 5.11 Å². The molecule has 0 aliphatic carbocycles. The highest BCUT2D eigenvalue weighted by Gasteiger charge is 2.16. The van der Waals surface area contributed by atoms with Crippen LogP contribution >= 0.6 is 0 Å². The molecule has 0 aliphatic rings. The zero-order valence-corrected chi connectivity index (χ0v) is 15.0. The number of nitrogens with zero attached hydrogens (tertiary/aromatic N) is 1. The quantitative estimate of drug-likeness (QED) is 0.608. The molecule has 2 rings (SSSR count). The average Bonchev–Trinajstić information content (AvgIpc) is 2.94. The van der Waals surface area contributed by atoms with Crippen molar-refractivity contribution in [1.82, 2.24) is 9.29 Å². The lowest BCUT2D eigenvalue weighted by molar-refractivity contribution is -0.137. The van der Waals surface area contributed by atoms with Gasteiger partial charge in [-0.3, -0.25) is 4.79 Å². The monoisotopic (exact) mass is 384 g/mol. The molecule has 1 atom stereocenters. The van der Waals surface area contributed by atoms with Crippen molar-refractivity contribution < 1.29 is 27.8 Å². The molecule has 1 unspecified atom stereocenters. The zero-order valence-electron chi connectivity index (χ0n) is 14.2. The number of sulfonamides is 1. The van der Waals surface area contributed by atoms with E-state index < -0.39 is 27.9 Å². The lowest BCUT2D eigenvalue weighted by Crippen LogP contribution is -2.26. The van der Waals surface area contributed by atoms with Crippen LogP contribution in [0.15, 0.2) is 41.3 Å². The van der Waals surface area contributed by atoms with Gasteiger partial charge < -0.3 is 14.8 Å². The summed E-state index contributed by atoms with van der Waals surface area (Å²) in [5, 5.41) is 18.7. The topological polar surface area (TPSA) is 109 Å². The van der Waals surface area contributed by atoms with Gasteiger partial charge >= 0.3 is 5.97 Å². The third-order valence-electron chi connectivity index (χ3n) is 4.03. The first-order valence-corrected chi connectivity index (χ1v) is 9.48. The summed E-state index contributed by atoms with van der Waals surface area (Å²) in [6, 6.07) is 7.99. The molecule has 0 bridgehead atoms. The van der Waals surface area contributed by atoms with Gasteiger partial charge in [0.1, 0.15) is 5.82 Å². The van der Waals surface area contributed by atoms with E-state index in [9.17, 15) is 22.7 Å². The minimum atomic E-state index is -3.73. The van der Waals surface area contributed by atoms with Gasteiger partial charge in [0, 0.05) is 37.8 Å². The van der Waals surface area contributed by atoms with Gasteiger partial charge in [-0.2, -0.15) is 0 Å². The standard InChI is InChI=1S/C17H21FN2O5S/c1-20-13(4-7-15(20)16(21)8-9-17(22)23)10-11-19-26(24,25)14-5-2-12(18)3-6-14/h2-7,16,19,21H,8-11H2,1H3,(H,22,23). The van der Waals surface area contributed by atoms with Crippen LogP contribution in [0.2, 0.25) is 0 Å². The molecule has 1 aromatic carbocycles. The van der Waals surface area contributed by atoms with Crippen LogP contribution in [0.5, 0.6) is 0 Å². The number of benzene rings is 1. The van der Waals surface area contributed by atoms with Crippen molar-refractivity contribution >= 4 is 16.0 Å². The number of aliphatic carboxylic acids is 1. The molecule has 0 amide bonds. The Kier molecular flexibility index (Phi) is 6.52. The summed E-state index contributed by atoms with van der Waals surface area (Å²) in [4.78, 5) is 10.6. The van der Waals surface area contributed by atoms with Crippen LogP contribution < -0.4 is 4.72 Å². The maximum absolute atomic E-state index is 12.9. The van der Waals surface area contributed by atoms with Crippen LogP contribution in [-0.4, -0.2) is 35.7 Å². The van der Waals surface area contributed by atoms with E-state index in [0.717, 1.165) is 17.8 Å². The molecule has 7 nitrogen and oxygen atoms in total. The van der Waals surface area contributed by atoms with Crippen LogP contribution in [0.3, 0.4) is 0 Å². The Balaban J connectivity index is 1.95. The van der Waals surface area contributed by atoms with E-state index in [1.807, 2.05) is 0 Å². The molecule has 0 spiro atoms. The number of halogens is 1. The molecular formula is C17H21FN2O5S. The van der Waals surface area contributed by atoms with Crippen molar-refractivity contribution in [3.8, 4) is 0 Å². The van der Waals surface area contributed by atoms with E-state index >= 15 is 0 Å². The number of aliphatic hydroxyl groups excluding tert-OH is 1. The summed E-state index contributed by atoms with van der Waals surface area (Å²) >= 11 is 0. The largest absolute Gasteiger partial charge is 0.481 e. The average molecular weight is 384 g/mol. The Bertz CT molecular complexity index is 862. The van der Waals surface area contributed by atoms with Crippen molar-refractivity contribution in [2.75, 3.05) is 6.54 Å². The first-order valence-electron chi connectivity index (χ1n) is 8.00. The van der Waals surface area contributed by atoms with Gasteiger partial charge in [-0.05, 0) is 42.8 Å². The molecule has 0 aliphatic heterocycles. The summed E-state index contributed by atoms with van der Waals surface area (Å²) in [7, 11) is -2.00. The van der Waals surface area contributed by atoms with Gasteiger partial charge in [0.05, 0.1) is 11.0 Å². The molecule has 3 N–H and O–H groups in total. The number of rotatable bonds is 9. The van der Waals surface area contributed by atoms with E-state index in [1.54, 1.807) is 23.7 Å². The minimum absolute atomic E-state index is 0.0180. The highest BCUT2D eigenvalue weighted by atomic mass is 32.2. The maximum atomic E-state index is 12.9. The Morgan fingerprint density at radius 1 is 1.23 bits per heavy atom. The number of hydrogen-bond donors (Lipinski definition) is 3. The fraction of sp³-hybridized carbons (Fsp3) is 0.353. The van der Waals surface area contributed by atoms with Crippen LogP contribution in [-0.2, 0) is 28.3 Å². The molecule has 0 saturated carbocycles. The van der Waals surface area contributed by atoms with Crippen molar-refractivity contribution in [1.29, 1.82) is 0 Å². The van der Waals surface area contributed by atoms with Crippen LogP contribution in [0.4, 0.5) is 4.39 Å². The Morgan fingerprint density at radius 2 is 1.88 bits per heavy atom. The Morgan fingerprint density at radius 3 is 2.50 bits per heavy atom. The Hall–Kier alpha value is -2.23. The minimum Gasteiger partial charge on any atom is -0.481 e. The molecule has 26 heavy (non-hydrogen) atoms. The number of hydrogen-bond acceptors (Lipinski definition) is 4. The summed E-state index contributed by atoms with van der Waals surface area (Å²) in [6.07, 6.45) is -0.563. The number of nitrogens with one attached hydrogen (secondary N) is 1. The fourth-order valence-electron chi connectivity index (χ4n) is 2.58. The zero-order chi connectivity index (χ0) is 19.3. The van der Waals surface area contributed by atoms with Gasteiger partial charge in [0.25, 0.3) is 0 Å². The normalized spacial score (nSPS) is 12.9. The molecule has 2 aromatic rings. The number of carbonyl (C=O) groups is 1. The van der Waals surface area contributed by atoms with Gasteiger partial charge in [-0.25, -0.2) is 17.5 Å². The second-order valence-corrected chi connectivity index (χ2v) is 7.63. The van der Waals surface area contributed by atoms with Gasteiger partial charge in [-0.1, -0.05) is 0 Å². The summed E-state index contributed by atoms with van der Waals surface area (Å²) in [6.45, 7) is 0.127. The molecule has 1 aromatic heterocycles. The van der Waals surface area contributed by atoms with Crippen molar-refractivity contribution in [3.05, 3.63) is 53.6 Å². The predicted octanol–water partition coefficient (Wildman–Crippen LogP) is 1.58. The number of aromatic nitrogens is 1. The molecule has 0 radical (unpaired) electrons. The lowest BCUT2D eigenvalue weighted by Gasteiger charge is -2.13. The lowest BCUT2D eigenvalue weighted by atomic mass is 10.1. The molecule has 142 valence electrons. The van der Waals surface area contributed by atoms with Crippen LogP contribution in [0.25, 0.3) is 0 Å². The van der Waals surface area contributed by atoms with Gasteiger partial charge in [0.2, 0.25) is 10.0 Å². The summed E-state index contributed by atoms with van der Waals surface area (Å²) in [5.74, 6) is -1.49. The van der Waals surface area contributed by atoms with E-state index in [-0.39, 0.29) is 24.3 Å². The Labute approximate surface area is 151 Å². The van der Waals surface area contributed by atoms with Crippen LogP contribution in [0.1, 0.15) is 30.3 Å².